The quantitative estimate of drug-likeness (QED) is 0.515. The average molecular weight is 372 g/mol. The van der Waals surface area contributed by atoms with Gasteiger partial charge in [0.25, 0.3) is 11.8 Å². The highest BCUT2D eigenvalue weighted by Crippen LogP contribution is 2.21. The van der Waals surface area contributed by atoms with Crippen LogP contribution in [-0.2, 0) is 9.59 Å². The minimum absolute atomic E-state index is 0.0288. The Hall–Kier alpha value is -2.63. The molecule has 0 aliphatic carbocycles. The molecule has 1 saturated heterocycles. The number of rotatable bonds is 8. The van der Waals surface area contributed by atoms with Gasteiger partial charge >= 0.3 is 6.03 Å². The van der Waals surface area contributed by atoms with Crippen LogP contribution < -0.4 is 4.74 Å². The summed E-state index contributed by atoms with van der Waals surface area (Å²) < 4.78 is 5.88. The molecule has 6 nitrogen and oxygen atoms in total. The molecule has 1 aliphatic rings. The number of carbonyl (C=O) groups excluding carboxylic acids is 3. The number of hydrogen-bond acceptors (Lipinski definition) is 4. The van der Waals surface area contributed by atoms with Gasteiger partial charge in [-0.2, -0.15) is 0 Å². The second-order valence-electron chi connectivity index (χ2n) is 6.87. The molecule has 27 heavy (non-hydrogen) atoms. The Bertz CT molecular complexity index is 698. The van der Waals surface area contributed by atoms with Gasteiger partial charge < -0.3 is 4.74 Å². The Morgan fingerprint density at radius 1 is 1.00 bits per heavy atom. The van der Waals surface area contributed by atoms with E-state index >= 15 is 0 Å². The fourth-order valence-corrected chi connectivity index (χ4v) is 2.91. The van der Waals surface area contributed by atoms with E-state index in [1.165, 1.54) is 39.4 Å². The summed E-state index contributed by atoms with van der Waals surface area (Å²) in [4.78, 5) is 38.1. The first kappa shape index (κ1) is 20.7. The van der Waals surface area contributed by atoms with Crippen LogP contribution in [0.5, 0.6) is 5.75 Å². The van der Waals surface area contributed by atoms with E-state index in [0.717, 1.165) is 22.0 Å². The molecule has 1 unspecified atom stereocenters. The molecule has 1 heterocycles. The molecule has 1 fully saturated rings. The fraction of sp³-hybridized carbons (Fsp3) is 0.476. The largest absolute Gasteiger partial charge is 0.493 e. The molecule has 1 atom stereocenters. The van der Waals surface area contributed by atoms with Gasteiger partial charge in [-0.25, -0.2) is 4.79 Å². The molecule has 0 N–H and O–H groups in total. The summed E-state index contributed by atoms with van der Waals surface area (Å²) in [6, 6.07) is 6.63. The summed E-state index contributed by atoms with van der Waals surface area (Å²) in [5, 5.41) is 0. The number of ether oxygens (including phenoxy) is 1. The lowest BCUT2D eigenvalue weighted by molar-refractivity contribution is -0.134. The zero-order valence-corrected chi connectivity index (χ0v) is 16.5. The van der Waals surface area contributed by atoms with Crippen molar-refractivity contribution in [1.29, 1.82) is 0 Å². The van der Waals surface area contributed by atoms with E-state index in [0.29, 0.717) is 18.1 Å². The van der Waals surface area contributed by atoms with Gasteiger partial charge in [0.05, 0.1) is 6.61 Å². The van der Waals surface area contributed by atoms with Gasteiger partial charge in [-0.05, 0) is 36.1 Å². The van der Waals surface area contributed by atoms with E-state index in [9.17, 15) is 14.4 Å². The van der Waals surface area contributed by atoms with Crippen LogP contribution in [0.4, 0.5) is 4.79 Å². The molecule has 1 aromatic rings. The Balaban J connectivity index is 2.06. The maximum Gasteiger partial charge on any atom is 0.333 e. The first-order valence-corrected chi connectivity index (χ1v) is 9.43. The highest BCUT2D eigenvalue weighted by molar-refractivity contribution is 6.30. The Morgan fingerprint density at radius 2 is 1.59 bits per heavy atom. The van der Waals surface area contributed by atoms with Crippen LogP contribution in [-0.4, -0.2) is 48.3 Å². The molecule has 2 rings (SSSR count). The van der Waals surface area contributed by atoms with Crippen molar-refractivity contribution in [2.24, 2.45) is 5.92 Å². The van der Waals surface area contributed by atoms with Gasteiger partial charge in [0.1, 0.15) is 11.3 Å². The number of amides is 4. The van der Waals surface area contributed by atoms with E-state index in [1.807, 2.05) is 12.1 Å². The first-order valence-electron chi connectivity index (χ1n) is 9.43. The third-order valence-corrected chi connectivity index (χ3v) is 4.86. The number of barbiturate groups is 1. The van der Waals surface area contributed by atoms with E-state index in [1.54, 1.807) is 12.1 Å². The molecule has 0 saturated carbocycles. The minimum atomic E-state index is -0.626. The third kappa shape index (κ3) is 4.96. The Labute approximate surface area is 160 Å². The van der Waals surface area contributed by atoms with Crippen molar-refractivity contribution in [3.05, 3.63) is 35.4 Å². The summed E-state index contributed by atoms with van der Waals surface area (Å²) in [6.45, 7) is 5.05. The van der Waals surface area contributed by atoms with Gasteiger partial charge in [-0.3, -0.25) is 19.4 Å². The van der Waals surface area contributed by atoms with Crippen molar-refractivity contribution in [2.45, 2.75) is 39.5 Å². The van der Waals surface area contributed by atoms with Crippen molar-refractivity contribution in [2.75, 3.05) is 20.7 Å². The smallest absolute Gasteiger partial charge is 0.333 e. The lowest BCUT2D eigenvalue weighted by Crippen LogP contribution is -2.52. The fourth-order valence-electron chi connectivity index (χ4n) is 2.91. The van der Waals surface area contributed by atoms with Gasteiger partial charge in [-0.15, -0.1) is 0 Å². The zero-order chi connectivity index (χ0) is 20.0. The van der Waals surface area contributed by atoms with Crippen molar-refractivity contribution in [3.63, 3.8) is 0 Å². The van der Waals surface area contributed by atoms with Crippen LogP contribution in [0.2, 0.25) is 0 Å². The van der Waals surface area contributed by atoms with Crippen molar-refractivity contribution in [1.82, 2.24) is 9.80 Å². The predicted molar refractivity (Wildman–Crippen MR) is 104 cm³/mol. The van der Waals surface area contributed by atoms with Crippen LogP contribution in [0.1, 0.15) is 45.1 Å². The normalized spacial score (nSPS) is 16.0. The molecule has 0 spiro atoms. The summed E-state index contributed by atoms with van der Waals surface area (Å²) >= 11 is 0. The summed E-state index contributed by atoms with van der Waals surface area (Å²) in [7, 11) is 2.72. The lowest BCUT2D eigenvalue weighted by Gasteiger charge is -2.28. The number of unbranched alkanes of at least 4 members (excludes halogenated alkanes) is 1. The molecule has 0 radical (unpaired) electrons. The lowest BCUT2D eigenvalue weighted by atomic mass is 10.0. The Morgan fingerprint density at radius 3 is 2.11 bits per heavy atom. The second-order valence-corrected chi connectivity index (χ2v) is 6.87. The first-order chi connectivity index (χ1) is 12.9. The number of nitrogens with zero attached hydrogens (tertiary/aromatic N) is 2. The number of hydrogen-bond donors (Lipinski definition) is 0. The molecule has 1 aromatic carbocycles. The average Bonchev–Trinajstić information content (AvgIpc) is 2.69. The number of benzene rings is 1. The van der Waals surface area contributed by atoms with Crippen molar-refractivity contribution in [3.8, 4) is 5.75 Å². The van der Waals surface area contributed by atoms with Crippen LogP contribution in [0.3, 0.4) is 0 Å². The van der Waals surface area contributed by atoms with E-state index < -0.39 is 17.8 Å². The molecule has 4 amide bonds. The number of likely N-dealkylation sites (N-methyl/N-ethyl adjacent to an activating group) is 2. The molecule has 0 bridgehead atoms. The molecular weight excluding hydrogens is 344 g/mol. The van der Waals surface area contributed by atoms with Gasteiger partial charge in [0.2, 0.25) is 0 Å². The maximum atomic E-state index is 12.2. The highest BCUT2D eigenvalue weighted by atomic mass is 16.5. The van der Waals surface area contributed by atoms with Crippen LogP contribution in [0.25, 0.3) is 6.08 Å². The SMILES string of the molecule is CCCCC(CC)COc1ccc(C=C2C(=O)N(C)C(=O)N(C)C2=O)cc1. The van der Waals surface area contributed by atoms with Crippen LogP contribution >= 0.6 is 0 Å². The van der Waals surface area contributed by atoms with Crippen LogP contribution in [0.15, 0.2) is 29.8 Å². The second kappa shape index (κ2) is 9.35. The number of carbonyl (C=O) groups is 3. The number of urea groups is 1. The van der Waals surface area contributed by atoms with E-state index in [4.69, 9.17) is 4.74 Å². The third-order valence-electron chi connectivity index (χ3n) is 4.86. The molecule has 146 valence electrons. The Kier molecular flexibility index (Phi) is 7.16. The van der Waals surface area contributed by atoms with Gasteiger partial charge in [0, 0.05) is 14.1 Å². The minimum Gasteiger partial charge on any atom is -0.493 e. The summed E-state index contributed by atoms with van der Waals surface area (Å²) in [5.41, 5.74) is 0.673. The zero-order valence-electron chi connectivity index (χ0n) is 16.5. The van der Waals surface area contributed by atoms with Crippen molar-refractivity contribution < 1.29 is 19.1 Å². The van der Waals surface area contributed by atoms with E-state index in [2.05, 4.69) is 13.8 Å². The highest BCUT2D eigenvalue weighted by Gasteiger charge is 2.37. The van der Waals surface area contributed by atoms with Crippen molar-refractivity contribution >= 4 is 23.9 Å². The molecule has 6 heteroatoms. The summed E-state index contributed by atoms with van der Waals surface area (Å²) in [5.74, 6) is 0.126. The number of imide groups is 2. The van der Waals surface area contributed by atoms with Crippen LogP contribution in [0, 0.1) is 5.92 Å². The monoisotopic (exact) mass is 372 g/mol. The maximum absolute atomic E-state index is 12.2. The molecule has 0 aromatic heterocycles. The molecular formula is C21H28N2O4. The predicted octanol–water partition coefficient (Wildman–Crippen LogP) is 3.72. The van der Waals surface area contributed by atoms with Gasteiger partial charge in [-0.1, -0.05) is 45.2 Å². The summed E-state index contributed by atoms with van der Waals surface area (Å²) in [6.07, 6.45) is 6.16. The van der Waals surface area contributed by atoms with E-state index in [-0.39, 0.29) is 5.57 Å². The standard InChI is InChI=1S/C21H28N2O4/c1-5-7-8-15(6-2)14-27-17-11-9-16(10-12-17)13-18-19(24)22(3)21(26)23(4)20(18)25/h9-13,15H,5-8,14H2,1-4H3. The topological polar surface area (TPSA) is 66.9 Å². The van der Waals surface area contributed by atoms with Gasteiger partial charge in [0.15, 0.2) is 0 Å². The molecule has 1 aliphatic heterocycles.